The summed E-state index contributed by atoms with van der Waals surface area (Å²) in [5.41, 5.74) is 0.696. The van der Waals surface area contributed by atoms with Gasteiger partial charge in [0.1, 0.15) is 18.9 Å². The van der Waals surface area contributed by atoms with Crippen molar-refractivity contribution < 1.29 is 27.8 Å². The molecule has 0 unspecified atom stereocenters. The second-order valence-electron chi connectivity index (χ2n) is 4.84. The van der Waals surface area contributed by atoms with Gasteiger partial charge in [-0.3, -0.25) is 9.59 Å². The Morgan fingerprint density at radius 2 is 1.76 bits per heavy atom. The first-order valence-corrected chi connectivity index (χ1v) is 7.97. The van der Waals surface area contributed by atoms with Crippen LogP contribution in [0, 0.1) is 0 Å². The molecule has 2 aromatic carbocycles. The van der Waals surface area contributed by atoms with Gasteiger partial charge < -0.3 is 14.8 Å². The number of alkyl halides is 2. The van der Waals surface area contributed by atoms with Crippen LogP contribution in [0.3, 0.4) is 0 Å². The van der Waals surface area contributed by atoms with Crippen LogP contribution in [-0.4, -0.2) is 25.0 Å². The van der Waals surface area contributed by atoms with Gasteiger partial charge in [0.2, 0.25) is 0 Å². The Labute approximate surface area is 151 Å². The van der Waals surface area contributed by atoms with E-state index in [1.807, 2.05) is 0 Å². The van der Waals surface area contributed by atoms with Crippen molar-refractivity contribution >= 4 is 27.8 Å². The van der Waals surface area contributed by atoms with E-state index < -0.39 is 18.5 Å². The Bertz CT molecular complexity index is 738. The summed E-state index contributed by atoms with van der Waals surface area (Å²) in [5, 5.41) is 2.42. The number of carbonyl (C=O) groups excluding carboxylic acids is 2. The third-order valence-corrected chi connectivity index (χ3v) is 3.61. The Kier molecular flexibility index (Phi) is 6.88. The van der Waals surface area contributed by atoms with Crippen LogP contribution >= 0.6 is 15.9 Å². The molecule has 0 aromatic heterocycles. The van der Waals surface area contributed by atoms with Gasteiger partial charge in [0, 0.05) is 15.6 Å². The van der Waals surface area contributed by atoms with Gasteiger partial charge in [0.05, 0.1) is 0 Å². The molecule has 0 spiro atoms. The maximum atomic E-state index is 12.3. The number of ether oxygens (including phenoxy) is 2. The molecule has 0 bridgehead atoms. The molecule has 1 N–H and O–H groups in total. The van der Waals surface area contributed by atoms with E-state index >= 15 is 0 Å². The van der Waals surface area contributed by atoms with Crippen LogP contribution < -0.4 is 10.1 Å². The van der Waals surface area contributed by atoms with Gasteiger partial charge in [-0.15, -0.1) is 0 Å². The highest BCUT2D eigenvalue weighted by Gasteiger charge is 2.12. The number of hydrogen-bond donors (Lipinski definition) is 1. The molecule has 0 saturated heterocycles. The number of para-hydroxylation sites is 1. The van der Waals surface area contributed by atoms with E-state index in [-0.39, 0.29) is 18.9 Å². The molecule has 8 heteroatoms. The molecule has 0 aliphatic carbocycles. The number of nitrogens with one attached hydrogen (secondary N) is 1. The number of hydrogen-bond acceptors (Lipinski definition) is 4. The first-order valence-electron chi connectivity index (χ1n) is 7.18. The lowest BCUT2D eigenvalue weighted by molar-refractivity contribution is -0.143. The summed E-state index contributed by atoms with van der Waals surface area (Å²) in [6.45, 7) is -3.55. The van der Waals surface area contributed by atoms with Gasteiger partial charge in [-0.1, -0.05) is 34.1 Å². The number of carbonyl (C=O) groups is 2. The fourth-order valence-corrected chi connectivity index (χ4v) is 2.16. The van der Waals surface area contributed by atoms with E-state index in [2.05, 4.69) is 26.0 Å². The van der Waals surface area contributed by atoms with Crippen molar-refractivity contribution in [1.29, 1.82) is 0 Å². The summed E-state index contributed by atoms with van der Waals surface area (Å²) in [6, 6.07) is 12.6. The monoisotopic (exact) mass is 413 g/mol. The molecule has 0 saturated carbocycles. The van der Waals surface area contributed by atoms with Crippen LogP contribution in [0.5, 0.6) is 5.75 Å². The first kappa shape index (κ1) is 18.9. The minimum Gasteiger partial charge on any atom is -0.459 e. The van der Waals surface area contributed by atoms with Gasteiger partial charge in [-0.2, -0.15) is 8.78 Å². The summed E-state index contributed by atoms with van der Waals surface area (Å²) < 4.78 is 34.8. The van der Waals surface area contributed by atoms with Crippen LogP contribution in [0.4, 0.5) is 8.78 Å². The van der Waals surface area contributed by atoms with Crippen LogP contribution in [0.1, 0.15) is 15.9 Å². The molecular formula is C17H14BrF2NO4. The third kappa shape index (κ3) is 6.15. The minimum absolute atomic E-state index is 0.0656. The van der Waals surface area contributed by atoms with Gasteiger partial charge >= 0.3 is 12.6 Å². The van der Waals surface area contributed by atoms with E-state index in [1.54, 1.807) is 30.3 Å². The molecule has 2 aromatic rings. The van der Waals surface area contributed by atoms with Crippen LogP contribution in [0.2, 0.25) is 0 Å². The highest BCUT2D eigenvalue weighted by molar-refractivity contribution is 9.10. The largest absolute Gasteiger partial charge is 0.459 e. The van der Waals surface area contributed by atoms with Crippen molar-refractivity contribution in [3.05, 3.63) is 64.1 Å². The Hall–Kier alpha value is -2.48. The predicted octanol–water partition coefficient (Wildman–Crippen LogP) is 3.52. The SMILES string of the molecule is O=C(CNC(=O)c1ccc(Br)cc1)OCc1ccccc1OC(F)F. The van der Waals surface area contributed by atoms with E-state index in [9.17, 15) is 18.4 Å². The fourth-order valence-electron chi connectivity index (χ4n) is 1.90. The number of esters is 1. The Balaban J connectivity index is 1.83. The second kappa shape index (κ2) is 9.12. The maximum Gasteiger partial charge on any atom is 0.387 e. The van der Waals surface area contributed by atoms with Crippen molar-refractivity contribution in [2.24, 2.45) is 0 Å². The lowest BCUT2D eigenvalue weighted by Gasteiger charge is -2.11. The zero-order chi connectivity index (χ0) is 18.2. The molecule has 0 radical (unpaired) electrons. The minimum atomic E-state index is -2.97. The van der Waals surface area contributed by atoms with Crippen molar-refractivity contribution in [2.75, 3.05) is 6.54 Å². The lowest BCUT2D eigenvalue weighted by Crippen LogP contribution is -2.30. The molecule has 5 nitrogen and oxygen atoms in total. The highest BCUT2D eigenvalue weighted by atomic mass is 79.9. The van der Waals surface area contributed by atoms with Crippen LogP contribution in [-0.2, 0) is 16.1 Å². The van der Waals surface area contributed by atoms with Crippen LogP contribution in [0.25, 0.3) is 0 Å². The topological polar surface area (TPSA) is 64.6 Å². The molecule has 2 rings (SSSR count). The summed E-state index contributed by atoms with van der Waals surface area (Å²) in [7, 11) is 0. The van der Waals surface area contributed by atoms with E-state index in [4.69, 9.17) is 4.74 Å². The maximum absolute atomic E-state index is 12.3. The Morgan fingerprint density at radius 1 is 1.08 bits per heavy atom. The standard InChI is InChI=1S/C17H14BrF2NO4/c18-13-7-5-11(6-8-13)16(23)21-9-15(22)24-10-12-3-1-2-4-14(12)25-17(19)20/h1-8,17H,9-10H2,(H,21,23). The third-order valence-electron chi connectivity index (χ3n) is 3.08. The molecule has 132 valence electrons. The van der Waals surface area contributed by atoms with Gasteiger partial charge in [-0.25, -0.2) is 0 Å². The molecule has 1 amide bonds. The van der Waals surface area contributed by atoms with Gasteiger partial charge in [0.25, 0.3) is 5.91 Å². The Morgan fingerprint density at radius 3 is 2.44 bits per heavy atom. The number of rotatable bonds is 7. The smallest absolute Gasteiger partial charge is 0.387 e. The molecule has 0 heterocycles. The first-order chi connectivity index (χ1) is 12.0. The zero-order valence-electron chi connectivity index (χ0n) is 12.9. The van der Waals surface area contributed by atoms with Crippen LogP contribution in [0.15, 0.2) is 53.0 Å². The molecule has 25 heavy (non-hydrogen) atoms. The lowest BCUT2D eigenvalue weighted by atomic mass is 10.2. The van der Waals surface area contributed by atoms with E-state index in [0.717, 1.165) is 4.47 Å². The molecule has 0 atom stereocenters. The quantitative estimate of drug-likeness (QED) is 0.705. The molecule has 0 fully saturated rings. The van der Waals surface area contributed by atoms with E-state index in [0.29, 0.717) is 11.1 Å². The number of halogens is 3. The van der Waals surface area contributed by atoms with Crippen molar-refractivity contribution in [1.82, 2.24) is 5.32 Å². The number of benzene rings is 2. The van der Waals surface area contributed by atoms with E-state index in [1.165, 1.54) is 18.2 Å². The fraction of sp³-hybridized carbons (Fsp3) is 0.176. The molecule has 0 aliphatic rings. The van der Waals surface area contributed by atoms with Crippen molar-refractivity contribution in [3.63, 3.8) is 0 Å². The zero-order valence-corrected chi connectivity index (χ0v) is 14.5. The molecule has 0 aliphatic heterocycles. The van der Waals surface area contributed by atoms with Gasteiger partial charge in [0.15, 0.2) is 0 Å². The van der Waals surface area contributed by atoms with Crippen molar-refractivity contribution in [2.45, 2.75) is 13.2 Å². The highest BCUT2D eigenvalue weighted by Crippen LogP contribution is 2.21. The average Bonchev–Trinajstić information content (AvgIpc) is 2.59. The normalized spacial score (nSPS) is 10.4. The summed E-state index contributed by atoms with van der Waals surface area (Å²) >= 11 is 3.26. The summed E-state index contributed by atoms with van der Waals surface area (Å²) in [6.07, 6.45) is 0. The predicted molar refractivity (Wildman–Crippen MR) is 89.3 cm³/mol. The average molecular weight is 414 g/mol. The molecular weight excluding hydrogens is 400 g/mol. The van der Waals surface area contributed by atoms with Gasteiger partial charge in [-0.05, 0) is 30.3 Å². The number of amides is 1. The van der Waals surface area contributed by atoms with Crippen molar-refractivity contribution in [3.8, 4) is 5.75 Å². The second-order valence-corrected chi connectivity index (χ2v) is 5.75. The summed E-state index contributed by atoms with van der Waals surface area (Å²) in [5.74, 6) is -1.19. The summed E-state index contributed by atoms with van der Waals surface area (Å²) in [4.78, 5) is 23.6.